The molecule has 1 spiro atoms. The van der Waals surface area contributed by atoms with Gasteiger partial charge in [-0.05, 0) is 76.5 Å². The van der Waals surface area contributed by atoms with E-state index in [2.05, 4.69) is 34.7 Å². The number of phenolic OH excluding ortho intramolecular Hbond substituents is 1. The Bertz CT molecular complexity index is 2800. The predicted molar refractivity (Wildman–Crippen MR) is 293 cm³/mol. The van der Waals surface area contributed by atoms with E-state index in [-0.39, 0.29) is 62.6 Å². The number of benzene rings is 2. The monoisotopic (exact) mass is 1060 g/mol. The number of aliphatic hydroxyl groups is 2. The van der Waals surface area contributed by atoms with Gasteiger partial charge >= 0.3 is 11.8 Å². The molecule has 5 bridgehead atoms. The van der Waals surface area contributed by atoms with Crippen molar-refractivity contribution in [1.82, 2.24) is 20.4 Å². The molecular formula is C60H80N6O11. The van der Waals surface area contributed by atoms with Crippen molar-refractivity contribution in [3.05, 3.63) is 100 Å². The average molecular weight is 1060 g/mol. The van der Waals surface area contributed by atoms with Crippen LogP contribution in [-0.4, -0.2) is 129 Å². The van der Waals surface area contributed by atoms with E-state index >= 15 is 0 Å². The van der Waals surface area contributed by atoms with Gasteiger partial charge in [-0.25, -0.2) is 0 Å². The van der Waals surface area contributed by atoms with Crippen LogP contribution in [-0.2, 0) is 23.9 Å². The summed E-state index contributed by atoms with van der Waals surface area (Å²) in [6.07, 6.45) is 7.13. The number of likely N-dealkylation sites (tertiary alicyclic amines) is 2. The molecule has 77 heavy (non-hydrogen) atoms. The number of allylic oxidation sites excluding steroid dienone is 5. The van der Waals surface area contributed by atoms with Gasteiger partial charge in [0.15, 0.2) is 0 Å². The predicted octanol–water partition coefficient (Wildman–Crippen LogP) is 7.35. The van der Waals surface area contributed by atoms with Crippen LogP contribution in [0.25, 0.3) is 0 Å². The highest BCUT2D eigenvalue weighted by molar-refractivity contribution is 6.34. The topological polar surface area (TPSA) is 229 Å². The Morgan fingerprint density at radius 2 is 1.55 bits per heavy atom. The number of aromatic hydroxyl groups is 1. The SMILES string of the molecule is C/C1=C/C=C/[C@H](C)[C@H](O)[C@@H](C)[C@@H](O)[C@@H](C)[C@H](OC(=O)C(C)(C)C(=O)N2CCC(Nc3ccccc3)CC2)[C@H](C)[C@@H](C)/C=C/O[C@@]2(C)Oc3c(C)c(O)c4c(c3C2=O)C2=NC3(CCN(CC(C)C)CC3)NC2=C(NC1=O)C4=O. The molecule has 2 amide bonds. The lowest BCUT2D eigenvalue weighted by Gasteiger charge is -2.40. The lowest BCUT2D eigenvalue weighted by Crippen LogP contribution is -2.52. The molecule has 1 aliphatic carbocycles. The number of hydrogen-bond acceptors (Lipinski definition) is 15. The summed E-state index contributed by atoms with van der Waals surface area (Å²) in [4.78, 5) is 82.0. The Labute approximate surface area is 453 Å². The number of aliphatic imine (C=N–C) groups is 1. The van der Waals surface area contributed by atoms with Crippen molar-refractivity contribution in [2.45, 2.75) is 145 Å². The molecule has 17 nitrogen and oxygen atoms in total. The lowest BCUT2D eigenvalue weighted by molar-refractivity contribution is -0.176. The highest BCUT2D eigenvalue weighted by atomic mass is 16.7. The van der Waals surface area contributed by atoms with Crippen molar-refractivity contribution in [3.63, 3.8) is 0 Å². The second kappa shape index (κ2) is 22.2. The van der Waals surface area contributed by atoms with Crippen molar-refractivity contribution in [2.24, 2.45) is 45.9 Å². The fourth-order valence-corrected chi connectivity index (χ4v) is 11.7. The third-order valence-electron chi connectivity index (χ3n) is 17.0. The third-order valence-corrected chi connectivity index (χ3v) is 17.0. The summed E-state index contributed by atoms with van der Waals surface area (Å²) in [6, 6.07) is 10.0. The third kappa shape index (κ3) is 11.1. The van der Waals surface area contributed by atoms with Crippen LogP contribution < -0.4 is 20.7 Å². The molecule has 416 valence electrons. The molecule has 2 aromatic carbocycles. The molecular weight excluding hydrogens is 981 g/mol. The van der Waals surface area contributed by atoms with Gasteiger partial charge in [0.05, 0.1) is 41.0 Å². The molecule has 6 N–H and O–H groups in total. The summed E-state index contributed by atoms with van der Waals surface area (Å²) in [7, 11) is 0. The van der Waals surface area contributed by atoms with Crippen LogP contribution in [0.3, 0.4) is 0 Å². The van der Waals surface area contributed by atoms with E-state index in [1.807, 2.05) is 44.2 Å². The highest BCUT2D eigenvalue weighted by Gasteiger charge is 2.55. The number of aliphatic hydroxyl groups excluding tert-OH is 2. The van der Waals surface area contributed by atoms with Crippen molar-refractivity contribution >= 4 is 40.7 Å². The molecule has 0 aromatic heterocycles. The largest absolute Gasteiger partial charge is 0.507 e. The zero-order valence-corrected chi connectivity index (χ0v) is 46.9. The van der Waals surface area contributed by atoms with E-state index in [4.69, 9.17) is 19.2 Å². The van der Waals surface area contributed by atoms with E-state index < -0.39 is 94.0 Å². The first kappa shape index (κ1) is 56.9. The number of rotatable bonds is 7. The maximum absolute atomic E-state index is 15.0. The first-order valence-electron chi connectivity index (χ1n) is 27.5. The Kier molecular flexibility index (Phi) is 16.4. The molecule has 0 unspecified atom stereocenters. The molecule has 7 aliphatic rings. The summed E-state index contributed by atoms with van der Waals surface area (Å²) >= 11 is 0. The molecule has 6 heterocycles. The maximum atomic E-state index is 15.0. The van der Waals surface area contributed by atoms with E-state index in [0.29, 0.717) is 57.8 Å². The Hall–Kier alpha value is -6.30. The number of phenols is 1. The molecule has 9 atom stereocenters. The summed E-state index contributed by atoms with van der Waals surface area (Å²) in [6.45, 7) is 24.2. The van der Waals surface area contributed by atoms with Crippen LogP contribution in [0, 0.1) is 47.8 Å². The number of nitrogens with one attached hydrogen (secondary N) is 3. The zero-order valence-electron chi connectivity index (χ0n) is 46.9. The van der Waals surface area contributed by atoms with Crippen LogP contribution in [0.2, 0.25) is 0 Å². The molecule has 17 heteroatoms. The number of anilines is 1. The number of fused-ring (bicyclic) bond motifs is 13. The van der Waals surface area contributed by atoms with Gasteiger partial charge in [0.2, 0.25) is 11.7 Å². The number of hydrogen-bond donors (Lipinski definition) is 6. The second-order valence-electron chi connectivity index (χ2n) is 23.7. The van der Waals surface area contributed by atoms with Crippen molar-refractivity contribution < 1.29 is 53.5 Å². The fraction of sp³-hybridized carbons (Fsp3) is 0.567. The quantitative estimate of drug-likeness (QED) is 0.118. The fourth-order valence-electron chi connectivity index (χ4n) is 11.7. The molecule has 2 aromatic rings. The minimum atomic E-state index is -1.99. The molecule has 0 saturated carbocycles. The summed E-state index contributed by atoms with van der Waals surface area (Å²) < 4.78 is 19.1. The van der Waals surface area contributed by atoms with E-state index in [9.17, 15) is 39.3 Å². The molecule has 9 rings (SSSR count). The minimum absolute atomic E-state index is 0.0138. The van der Waals surface area contributed by atoms with Crippen LogP contribution >= 0.6 is 0 Å². The number of esters is 1. The molecule has 6 aliphatic heterocycles. The smallest absolute Gasteiger partial charge is 0.321 e. The molecule has 2 fully saturated rings. The number of ether oxygens (including phenoxy) is 3. The zero-order chi connectivity index (χ0) is 56.1. The van der Waals surface area contributed by atoms with Crippen molar-refractivity contribution in [2.75, 3.05) is 38.0 Å². The Morgan fingerprint density at radius 3 is 2.19 bits per heavy atom. The number of para-hydroxylation sites is 1. The standard InChI is InChI=1S/C60H80N6O11/c1-32(2)31-65-28-24-60(25-29-65)63-45-42-43-50(69)39(9)53-44(42)54(71)59(12,77-53)75-30-23-33(3)36(6)52(76-57(74)58(10,11)56(73)66-26-21-41(22-27-66)61-40-19-14-13-15-20-40)38(8)49(68)37(7)48(67)34(4)17-16-18-35(5)55(72)62-47(51(43)70)46(45)64-60/h13-20,23,30,32-34,36-38,41,48-49,52,61,64,67-69H,21-22,24-29,31H2,1-12H3,(H,62,72)/b17-16+,30-23+,35-18-/t33-,34-,36+,37+,38+,48-,49+,52+,59-/m0/s1. The minimum Gasteiger partial charge on any atom is -0.507 e. The van der Waals surface area contributed by atoms with Gasteiger partial charge < -0.3 is 55.3 Å². The van der Waals surface area contributed by atoms with Crippen molar-refractivity contribution in [1.29, 1.82) is 0 Å². The van der Waals surface area contributed by atoms with Gasteiger partial charge in [0.25, 0.3) is 11.7 Å². The van der Waals surface area contributed by atoms with Crippen molar-refractivity contribution in [3.8, 4) is 11.5 Å². The second-order valence-corrected chi connectivity index (χ2v) is 23.7. The summed E-state index contributed by atoms with van der Waals surface area (Å²) in [5, 5.41) is 45.7. The number of nitrogens with zero attached hydrogens (tertiary/aromatic N) is 3. The van der Waals surface area contributed by atoms with Crippen LogP contribution in [0.5, 0.6) is 11.5 Å². The number of Topliss-reactive ketones (excluding diaryl/α,β-unsaturated/α-hetero) is 2. The number of ketones is 2. The summed E-state index contributed by atoms with van der Waals surface area (Å²) in [5.41, 5.74) is -0.859. The van der Waals surface area contributed by atoms with E-state index in [1.165, 1.54) is 13.2 Å². The van der Waals surface area contributed by atoms with E-state index in [1.54, 1.807) is 77.7 Å². The number of piperidine rings is 2. The van der Waals surface area contributed by atoms with Gasteiger partial charge in [-0.3, -0.25) is 29.0 Å². The van der Waals surface area contributed by atoms with Gasteiger partial charge in [0, 0.05) is 98.7 Å². The van der Waals surface area contributed by atoms with Gasteiger partial charge in [-0.1, -0.05) is 84.9 Å². The Morgan fingerprint density at radius 1 is 0.883 bits per heavy atom. The number of carbonyl (C=O) groups is 5. The van der Waals surface area contributed by atoms with E-state index in [0.717, 1.165) is 12.2 Å². The first-order chi connectivity index (χ1) is 36.3. The maximum Gasteiger partial charge on any atom is 0.321 e. The van der Waals surface area contributed by atoms with Gasteiger partial charge in [-0.15, -0.1) is 0 Å². The molecule has 2 saturated heterocycles. The number of amides is 2. The molecule has 0 radical (unpaired) electrons. The average Bonchev–Trinajstić information content (AvgIpc) is 4.03. The van der Waals surface area contributed by atoms with Gasteiger partial charge in [0.1, 0.15) is 34.4 Å². The van der Waals surface area contributed by atoms with Crippen LogP contribution in [0.4, 0.5) is 5.69 Å². The van der Waals surface area contributed by atoms with Gasteiger partial charge in [-0.2, -0.15) is 0 Å². The van der Waals surface area contributed by atoms with Crippen LogP contribution in [0.1, 0.15) is 134 Å². The normalized spacial score (nSPS) is 30.8. The Balaban J connectivity index is 1.12. The summed E-state index contributed by atoms with van der Waals surface area (Å²) in [5.74, 6) is -8.07. The highest BCUT2D eigenvalue weighted by Crippen LogP contribution is 2.50. The number of carbonyl (C=O) groups excluding carboxylic acids is 5. The van der Waals surface area contributed by atoms with Crippen LogP contribution in [0.15, 0.2) is 82.9 Å². The first-order valence-corrected chi connectivity index (χ1v) is 27.5. The lowest BCUT2D eigenvalue weighted by atomic mass is 9.76.